The van der Waals surface area contributed by atoms with E-state index in [-0.39, 0.29) is 23.5 Å². The molecule has 0 bridgehead atoms. The number of ketones is 1. The second kappa shape index (κ2) is 9.24. The standard InChI is InChI=1S/C25H28N6O3/c1-31-14-27-24(30-31)17-8-5-9-19(23(17)34-2)28-20-12-21(29-25(33)16-10-11-16)26-13-18(20)22(32)15-6-3-4-7-15/h5,8-9,12-16H,3-4,6-7,10-11H2,1-2H3,(H2,26,28,29,33). The van der Waals surface area contributed by atoms with E-state index in [2.05, 4.69) is 25.7 Å². The molecule has 9 nitrogen and oxygen atoms in total. The molecule has 34 heavy (non-hydrogen) atoms. The first kappa shape index (κ1) is 22.1. The van der Waals surface area contributed by atoms with Gasteiger partial charge in [0.05, 0.1) is 29.6 Å². The van der Waals surface area contributed by atoms with Crippen LogP contribution in [0.1, 0.15) is 48.9 Å². The van der Waals surface area contributed by atoms with E-state index in [1.54, 1.807) is 37.4 Å². The van der Waals surface area contributed by atoms with Crippen molar-refractivity contribution in [1.82, 2.24) is 19.7 Å². The summed E-state index contributed by atoms with van der Waals surface area (Å²) in [7, 11) is 3.39. The van der Waals surface area contributed by atoms with Crippen LogP contribution in [0.4, 0.5) is 17.2 Å². The number of methoxy groups -OCH3 is 1. The first-order valence-electron chi connectivity index (χ1n) is 11.7. The number of ether oxygens (including phenoxy) is 1. The number of nitrogens with one attached hydrogen (secondary N) is 2. The maximum absolute atomic E-state index is 13.3. The van der Waals surface area contributed by atoms with Crippen molar-refractivity contribution >= 4 is 28.9 Å². The number of nitrogens with zero attached hydrogens (tertiary/aromatic N) is 4. The summed E-state index contributed by atoms with van der Waals surface area (Å²) in [5.74, 6) is 1.62. The van der Waals surface area contributed by atoms with E-state index >= 15 is 0 Å². The number of carbonyl (C=O) groups is 2. The Labute approximate surface area is 197 Å². The van der Waals surface area contributed by atoms with Gasteiger partial charge in [0.2, 0.25) is 5.91 Å². The molecular formula is C25H28N6O3. The molecule has 0 saturated heterocycles. The highest BCUT2D eigenvalue weighted by atomic mass is 16.5. The fourth-order valence-electron chi connectivity index (χ4n) is 4.44. The van der Waals surface area contributed by atoms with Crippen molar-refractivity contribution in [2.75, 3.05) is 17.7 Å². The van der Waals surface area contributed by atoms with Crippen LogP contribution >= 0.6 is 0 Å². The average molecular weight is 461 g/mol. The lowest BCUT2D eigenvalue weighted by molar-refractivity contribution is -0.117. The van der Waals surface area contributed by atoms with Crippen LogP contribution in [0.3, 0.4) is 0 Å². The van der Waals surface area contributed by atoms with Crippen LogP contribution in [-0.4, -0.2) is 38.5 Å². The van der Waals surface area contributed by atoms with Gasteiger partial charge in [-0.3, -0.25) is 14.3 Å². The zero-order chi connectivity index (χ0) is 23.7. The Hall–Kier alpha value is -3.75. The Morgan fingerprint density at radius 1 is 1.06 bits per heavy atom. The second-order valence-electron chi connectivity index (χ2n) is 8.98. The highest BCUT2D eigenvalue weighted by Gasteiger charge is 2.31. The smallest absolute Gasteiger partial charge is 0.228 e. The predicted molar refractivity (Wildman–Crippen MR) is 128 cm³/mol. The number of hydrogen-bond donors (Lipinski definition) is 2. The van der Waals surface area contributed by atoms with Crippen LogP contribution in [0.2, 0.25) is 0 Å². The van der Waals surface area contributed by atoms with Crippen molar-refractivity contribution in [2.45, 2.75) is 38.5 Å². The van der Waals surface area contributed by atoms with Gasteiger partial charge in [-0.05, 0) is 37.8 Å². The molecule has 0 unspecified atom stereocenters. The average Bonchev–Trinajstić information content (AvgIpc) is 3.37. The third kappa shape index (κ3) is 4.50. The van der Waals surface area contributed by atoms with Gasteiger partial charge in [-0.2, -0.15) is 5.10 Å². The Balaban J connectivity index is 1.52. The fraction of sp³-hybridized carbons (Fsp3) is 0.400. The third-order valence-corrected chi connectivity index (χ3v) is 6.42. The summed E-state index contributed by atoms with van der Waals surface area (Å²) in [5, 5.41) is 10.6. The Kier molecular flexibility index (Phi) is 6.00. The van der Waals surface area contributed by atoms with Crippen molar-refractivity contribution in [3.8, 4) is 17.1 Å². The molecule has 0 spiro atoms. The molecule has 176 valence electrons. The zero-order valence-electron chi connectivity index (χ0n) is 19.4. The van der Waals surface area contributed by atoms with Gasteiger partial charge in [-0.1, -0.05) is 18.9 Å². The normalized spacial score (nSPS) is 15.8. The first-order chi connectivity index (χ1) is 16.5. The number of aromatic nitrogens is 4. The molecule has 2 heterocycles. The predicted octanol–water partition coefficient (Wildman–Crippen LogP) is 4.35. The third-order valence-electron chi connectivity index (χ3n) is 6.42. The first-order valence-corrected chi connectivity index (χ1v) is 11.7. The number of pyridine rings is 1. The number of anilines is 3. The zero-order valence-corrected chi connectivity index (χ0v) is 19.4. The summed E-state index contributed by atoms with van der Waals surface area (Å²) in [4.78, 5) is 34.4. The molecule has 2 fully saturated rings. The molecule has 2 aliphatic rings. The van der Waals surface area contributed by atoms with Gasteiger partial charge in [0.25, 0.3) is 0 Å². The number of para-hydroxylation sites is 1. The summed E-state index contributed by atoms with van der Waals surface area (Å²) < 4.78 is 7.35. The maximum Gasteiger partial charge on any atom is 0.228 e. The molecule has 2 N–H and O–H groups in total. The largest absolute Gasteiger partial charge is 0.494 e. The van der Waals surface area contributed by atoms with E-state index in [1.807, 2.05) is 18.2 Å². The van der Waals surface area contributed by atoms with Gasteiger partial charge in [-0.25, -0.2) is 9.97 Å². The van der Waals surface area contributed by atoms with Crippen molar-refractivity contribution < 1.29 is 14.3 Å². The summed E-state index contributed by atoms with van der Waals surface area (Å²) in [6, 6.07) is 7.37. The molecule has 0 radical (unpaired) electrons. The highest BCUT2D eigenvalue weighted by molar-refractivity contribution is 6.04. The number of aryl methyl sites for hydroxylation is 1. The summed E-state index contributed by atoms with van der Waals surface area (Å²) in [5.41, 5.74) is 2.49. The van der Waals surface area contributed by atoms with Gasteiger partial charge in [0.15, 0.2) is 17.4 Å². The lowest BCUT2D eigenvalue weighted by Crippen LogP contribution is -2.17. The van der Waals surface area contributed by atoms with Crippen LogP contribution in [-0.2, 0) is 11.8 Å². The van der Waals surface area contributed by atoms with Crippen molar-refractivity contribution in [3.63, 3.8) is 0 Å². The van der Waals surface area contributed by atoms with Crippen LogP contribution in [0, 0.1) is 11.8 Å². The van der Waals surface area contributed by atoms with Crippen LogP contribution in [0.5, 0.6) is 5.75 Å². The van der Waals surface area contributed by atoms with E-state index in [0.29, 0.717) is 34.3 Å². The van der Waals surface area contributed by atoms with Crippen molar-refractivity contribution in [3.05, 3.63) is 42.4 Å². The Bertz CT molecular complexity index is 1230. The molecule has 1 amide bonds. The molecule has 0 atom stereocenters. The number of Topliss-reactive ketones (excluding diaryl/α,β-unsaturated/α-hetero) is 1. The van der Waals surface area contributed by atoms with E-state index in [0.717, 1.165) is 44.1 Å². The van der Waals surface area contributed by atoms with Crippen LogP contribution in [0.15, 0.2) is 36.8 Å². The van der Waals surface area contributed by atoms with Crippen molar-refractivity contribution in [2.24, 2.45) is 18.9 Å². The Morgan fingerprint density at radius 3 is 2.53 bits per heavy atom. The fourth-order valence-corrected chi connectivity index (χ4v) is 4.44. The summed E-state index contributed by atoms with van der Waals surface area (Å²) in [6.45, 7) is 0. The molecule has 0 aliphatic heterocycles. The lowest BCUT2D eigenvalue weighted by atomic mass is 9.96. The molecule has 1 aromatic carbocycles. The van der Waals surface area contributed by atoms with E-state index in [9.17, 15) is 9.59 Å². The molecule has 2 aromatic heterocycles. The Morgan fingerprint density at radius 2 is 1.85 bits per heavy atom. The quantitative estimate of drug-likeness (QED) is 0.481. The summed E-state index contributed by atoms with van der Waals surface area (Å²) >= 11 is 0. The number of amides is 1. The van der Waals surface area contributed by atoms with Gasteiger partial charge in [0, 0.05) is 31.1 Å². The van der Waals surface area contributed by atoms with Crippen molar-refractivity contribution in [1.29, 1.82) is 0 Å². The van der Waals surface area contributed by atoms with Crippen LogP contribution < -0.4 is 15.4 Å². The number of hydrogen-bond acceptors (Lipinski definition) is 7. The molecule has 2 aliphatic carbocycles. The number of rotatable bonds is 8. The SMILES string of the molecule is COc1c(Nc2cc(NC(=O)C3CC3)ncc2C(=O)C2CCCC2)cccc1-c1ncn(C)n1. The minimum atomic E-state index is -0.0332. The monoisotopic (exact) mass is 460 g/mol. The minimum Gasteiger partial charge on any atom is -0.494 e. The maximum atomic E-state index is 13.3. The molecule has 3 aromatic rings. The van der Waals surface area contributed by atoms with Gasteiger partial charge in [-0.15, -0.1) is 0 Å². The highest BCUT2D eigenvalue weighted by Crippen LogP contribution is 2.38. The van der Waals surface area contributed by atoms with E-state index in [1.165, 1.54) is 0 Å². The van der Waals surface area contributed by atoms with E-state index in [4.69, 9.17) is 4.74 Å². The van der Waals surface area contributed by atoms with Crippen LogP contribution in [0.25, 0.3) is 11.4 Å². The number of benzene rings is 1. The topological polar surface area (TPSA) is 111 Å². The van der Waals surface area contributed by atoms with Gasteiger partial charge >= 0.3 is 0 Å². The van der Waals surface area contributed by atoms with Gasteiger partial charge in [0.1, 0.15) is 12.1 Å². The van der Waals surface area contributed by atoms with Gasteiger partial charge < -0.3 is 15.4 Å². The lowest BCUT2D eigenvalue weighted by Gasteiger charge is -2.18. The minimum absolute atomic E-state index is 0.000189. The second-order valence-corrected chi connectivity index (χ2v) is 8.98. The molecule has 5 rings (SSSR count). The molecule has 2 saturated carbocycles. The number of carbonyl (C=O) groups excluding carboxylic acids is 2. The molecule has 9 heteroatoms. The molecular weight excluding hydrogens is 432 g/mol. The summed E-state index contributed by atoms with van der Waals surface area (Å²) in [6.07, 6.45) is 8.92. The van der Waals surface area contributed by atoms with E-state index < -0.39 is 0 Å².